The van der Waals surface area contributed by atoms with E-state index in [1.807, 2.05) is 19.9 Å². The van der Waals surface area contributed by atoms with E-state index < -0.39 is 0 Å². The number of aromatic hydroxyl groups is 1. The molecule has 1 atom stereocenters. The molecular formula is C17H26N2O2. The number of aryl methyl sites for hydroxylation is 1. The molecule has 116 valence electrons. The maximum atomic E-state index is 12.5. The molecule has 21 heavy (non-hydrogen) atoms. The second kappa shape index (κ2) is 7.46. The molecule has 1 saturated heterocycles. The standard InChI is InChI=1S/C17H26N2O2/c1-3-19(16-12-15(20)9-7-13(16)2)17(21)10-8-14-6-4-5-11-18-14/h7,9,12,14,18,20H,3-6,8,10-11H2,1-2H3. The maximum Gasteiger partial charge on any atom is 0.227 e. The molecule has 0 spiro atoms. The molecule has 0 bridgehead atoms. The molecule has 1 aliphatic rings. The molecule has 4 nitrogen and oxygen atoms in total. The third-order valence-electron chi connectivity index (χ3n) is 4.22. The van der Waals surface area contributed by atoms with Crippen LogP contribution in [0.3, 0.4) is 0 Å². The van der Waals surface area contributed by atoms with Gasteiger partial charge in [-0.3, -0.25) is 4.79 Å². The van der Waals surface area contributed by atoms with Crippen molar-refractivity contribution in [3.63, 3.8) is 0 Å². The number of nitrogens with zero attached hydrogens (tertiary/aromatic N) is 1. The van der Waals surface area contributed by atoms with E-state index in [4.69, 9.17) is 0 Å². The molecule has 1 amide bonds. The number of piperidine rings is 1. The smallest absolute Gasteiger partial charge is 0.227 e. The number of rotatable bonds is 5. The summed E-state index contributed by atoms with van der Waals surface area (Å²) in [6.45, 7) is 5.64. The zero-order valence-electron chi connectivity index (χ0n) is 13.1. The third kappa shape index (κ3) is 4.21. The van der Waals surface area contributed by atoms with Crippen LogP contribution in [0.15, 0.2) is 18.2 Å². The predicted octanol–water partition coefficient (Wildman–Crippen LogP) is 2.98. The average molecular weight is 290 g/mol. The van der Waals surface area contributed by atoms with Gasteiger partial charge < -0.3 is 15.3 Å². The fourth-order valence-electron chi connectivity index (χ4n) is 2.97. The highest BCUT2D eigenvalue weighted by molar-refractivity contribution is 5.94. The number of phenols is 1. The van der Waals surface area contributed by atoms with Crippen molar-refractivity contribution in [1.29, 1.82) is 0 Å². The minimum atomic E-state index is 0.138. The van der Waals surface area contributed by atoms with Gasteiger partial charge in [0, 0.05) is 25.1 Å². The van der Waals surface area contributed by atoms with Crippen molar-refractivity contribution in [3.05, 3.63) is 23.8 Å². The van der Waals surface area contributed by atoms with Crippen LogP contribution in [0.2, 0.25) is 0 Å². The Hall–Kier alpha value is -1.55. The summed E-state index contributed by atoms with van der Waals surface area (Å²) in [6.07, 6.45) is 5.13. The highest BCUT2D eigenvalue weighted by Gasteiger charge is 2.19. The Kier molecular flexibility index (Phi) is 5.62. The summed E-state index contributed by atoms with van der Waals surface area (Å²) < 4.78 is 0. The van der Waals surface area contributed by atoms with Gasteiger partial charge >= 0.3 is 0 Å². The van der Waals surface area contributed by atoms with Crippen LogP contribution >= 0.6 is 0 Å². The Bertz CT molecular complexity index is 482. The maximum absolute atomic E-state index is 12.5. The molecule has 1 aromatic carbocycles. The minimum absolute atomic E-state index is 0.138. The van der Waals surface area contributed by atoms with Crippen LogP contribution in [0, 0.1) is 6.92 Å². The van der Waals surface area contributed by atoms with Gasteiger partial charge in [-0.1, -0.05) is 12.5 Å². The average Bonchev–Trinajstić information content (AvgIpc) is 2.50. The fraction of sp³-hybridized carbons (Fsp3) is 0.588. The number of hydrogen-bond acceptors (Lipinski definition) is 3. The first-order chi connectivity index (χ1) is 10.1. The quantitative estimate of drug-likeness (QED) is 0.876. The number of carbonyl (C=O) groups is 1. The molecule has 0 saturated carbocycles. The summed E-state index contributed by atoms with van der Waals surface area (Å²) in [6, 6.07) is 5.66. The van der Waals surface area contributed by atoms with E-state index in [-0.39, 0.29) is 11.7 Å². The first-order valence-electron chi connectivity index (χ1n) is 7.95. The summed E-state index contributed by atoms with van der Waals surface area (Å²) in [5.74, 6) is 0.342. The van der Waals surface area contributed by atoms with Crippen molar-refractivity contribution in [2.45, 2.75) is 52.0 Å². The lowest BCUT2D eigenvalue weighted by Crippen LogP contribution is -2.36. The molecule has 2 rings (SSSR count). The molecule has 0 aliphatic carbocycles. The van der Waals surface area contributed by atoms with Gasteiger partial charge in [0.15, 0.2) is 0 Å². The van der Waals surface area contributed by atoms with E-state index in [9.17, 15) is 9.90 Å². The molecule has 4 heteroatoms. The van der Waals surface area contributed by atoms with Gasteiger partial charge in [0.2, 0.25) is 5.91 Å². The Morgan fingerprint density at radius 2 is 2.24 bits per heavy atom. The van der Waals surface area contributed by atoms with Gasteiger partial charge in [-0.2, -0.15) is 0 Å². The fourth-order valence-corrected chi connectivity index (χ4v) is 2.97. The van der Waals surface area contributed by atoms with Gasteiger partial charge in [-0.25, -0.2) is 0 Å². The van der Waals surface area contributed by atoms with Crippen LogP contribution in [0.4, 0.5) is 5.69 Å². The highest BCUT2D eigenvalue weighted by Crippen LogP contribution is 2.26. The number of nitrogens with one attached hydrogen (secondary N) is 1. The monoisotopic (exact) mass is 290 g/mol. The van der Waals surface area contributed by atoms with Gasteiger partial charge in [0.05, 0.1) is 5.69 Å². The lowest BCUT2D eigenvalue weighted by atomic mass is 10.00. The van der Waals surface area contributed by atoms with Crippen LogP contribution < -0.4 is 10.2 Å². The zero-order valence-corrected chi connectivity index (χ0v) is 13.1. The highest BCUT2D eigenvalue weighted by atomic mass is 16.3. The van der Waals surface area contributed by atoms with Gasteiger partial charge in [-0.15, -0.1) is 0 Å². The van der Waals surface area contributed by atoms with Crippen molar-refractivity contribution in [2.24, 2.45) is 0 Å². The SMILES string of the molecule is CCN(C(=O)CCC1CCCCN1)c1cc(O)ccc1C. The molecule has 1 heterocycles. The van der Waals surface area contributed by atoms with E-state index in [1.54, 1.807) is 17.0 Å². The summed E-state index contributed by atoms with van der Waals surface area (Å²) in [7, 11) is 0. The first-order valence-corrected chi connectivity index (χ1v) is 7.95. The summed E-state index contributed by atoms with van der Waals surface area (Å²) in [5.41, 5.74) is 1.83. The minimum Gasteiger partial charge on any atom is -0.508 e. The molecule has 0 radical (unpaired) electrons. The number of benzene rings is 1. The van der Waals surface area contributed by atoms with E-state index in [0.29, 0.717) is 19.0 Å². The second-order valence-corrected chi connectivity index (χ2v) is 5.79. The van der Waals surface area contributed by atoms with E-state index in [0.717, 1.165) is 24.2 Å². The van der Waals surface area contributed by atoms with Crippen molar-refractivity contribution >= 4 is 11.6 Å². The van der Waals surface area contributed by atoms with E-state index >= 15 is 0 Å². The number of carbonyl (C=O) groups excluding carboxylic acids is 1. The lowest BCUT2D eigenvalue weighted by molar-refractivity contribution is -0.118. The van der Waals surface area contributed by atoms with Gasteiger partial charge in [-0.05, 0) is 51.3 Å². The normalized spacial score (nSPS) is 18.5. The van der Waals surface area contributed by atoms with Crippen molar-refractivity contribution in [2.75, 3.05) is 18.0 Å². The Morgan fingerprint density at radius 3 is 2.90 bits per heavy atom. The lowest BCUT2D eigenvalue weighted by Gasteiger charge is -2.26. The van der Waals surface area contributed by atoms with Crippen molar-refractivity contribution in [3.8, 4) is 5.75 Å². The van der Waals surface area contributed by atoms with Crippen molar-refractivity contribution < 1.29 is 9.90 Å². The Morgan fingerprint density at radius 1 is 1.43 bits per heavy atom. The van der Waals surface area contributed by atoms with Gasteiger partial charge in [0.1, 0.15) is 5.75 Å². The molecule has 2 N–H and O–H groups in total. The topological polar surface area (TPSA) is 52.6 Å². The molecule has 1 aromatic rings. The molecule has 1 fully saturated rings. The molecule has 0 aromatic heterocycles. The van der Waals surface area contributed by atoms with E-state index in [1.165, 1.54) is 19.3 Å². The van der Waals surface area contributed by atoms with Crippen LogP contribution in [0.1, 0.15) is 44.6 Å². The number of phenolic OH excluding ortho intramolecular Hbond substituents is 1. The van der Waals surface area contributed by atoms with Crippen LogP contribution in [0.25, 0.3) is 0 Å². The molecule has 1 unspecified atom stereocenters. The van der Waals surface area contributed by atoms with Crippen LogP contribution in [-0.4, -0.2) is 30.1 Å². The third-order valence-corrected chi connectivity index (χ3v) is 4.22. The van der Waals surface area contributed by atoms with Crippen LogP contribution in [-0.2, 0) is 4.79 Å². The largest absolute Gasteiger partial charge is 0.508 e. The molecule has 1 aliphatic heterocycles. The van der Waals surface area contributed by atoms with Gasteiger partial charge in [0.25, 0.3) is 0 Å². The van der Waals surface area contributed by atoms with Crippen LogP contribution in [0.5, 0.6) is 5.75 Å². The summed E-state index contributed by atoms with van der Waals surface area (Å²) in [5, 5.41) is 13.1. The second-order valence-electron chi connectivity index (χ2n) is 5.79. The number of anilines is 1. The number of amides is 1. The Balaban J connectivity index is 1.99. The van der Waals surface area contributed by atoms with Crippen molar-refractivity contribution in [1.82, 2.24) is 5.32 Å². The zero-order chi connectivity index (χ0) is 15.2. The first kappa shape index (κ1) is 15.8. The Labute approximate surface area is 127 Å². The number of hydrogen-bond donors (Lipinski definition) is 2. The predicted molar refractivity (Wildman–Crippen MR) is 85.7 cm³/mol. The summed E-state index contributed by atoms with van der Waals surface area (Å²) in [4.78, 5) is 14.3. The summed E-state index contributed by atoms with van der Waals surface area (Å²) >= 11 is 0. The molecular weight excluding hydrogens is 264 g/mol. The van der Waals surface area contributed by atoms with E-state index in [2.05, 4.69) is 5.32 Å².